The van der Waals surface area contributed by atoms with Crippen LogP contribution in [0.2, 0.25) is 5.02 Å². The number of hydrogen-bond acceptors (Lipinski definition) is 2. The fraction of sp³-hybridized carbons (Fsp3) is 0.300. The number of benzene rings is 1. The SMILES string of the molecule is O=C1Nc2cc(Cl)ccc2SC12CC2. The molecule has 0 bridgehead atoms. The number of anilines is 1. The highest BCUT2D eigenvalue weighted by molar-refractivity contribution is 8.02. The first kappa shape index (κ1) is 8.62. The second-order valence-electron chi connectivity index (χ2n) is 3.69. The van der Waals surface area contributed by atoms with Crippen molar-refractivity contribution in [2.45, 2.75) is 22.5 Å². The Hall–Kier alpha value is -0.670. The van der Waals surface area contributed by atoms with E-state index in [0.717, 1.165) is 23.4 Å². The highest BCUT2D eigenvalue weighted by Gasteiger charge is 2.53. The summed E-state index contributed by atoms with van der Waals surface area (Å²) in [5.74, 6) is 0.136. The van der Waals surface area contributed by atoms with Crippen LogP contribution in [0.3, 0.4) is 0 Å². The molecular weight excluding hydrogens is 218 g/mol. The molecule has 0 saturated heterocycles. The lowest BCUT2D eigenvalue weighted by atomic mass is 10.3. The number of halogens is 1. The van der Waals surface area contributed by atoms with Crippen LogP contribution in [0.5, 0.6) is 0 Å². The highest BCUT2D eigenvalue weighted by atomic mass is 35.5. The van der Waals surface area contributed by atoms with Gasteiger partial charge >= 0.3 is 0 Å². The molecule has 72 valence electrons. The molecule has 1 aromatic rings. The number of amides is 1. The Balaban J connectivity index is 2.06. The minimum atomic E-state index is -0.152. The van der Waals surface area contributed by atoms with Gasteiger partial charge < -0.3 is 5.32 Å². The van der Waals surface area contributed by atoms with Crippen molar-refractivity contribution in [1.29, 1.82) is 0 Å². The Morgan fingerprint density at radius 1 is 1.43 bits per heavy atom. The quantitative estimate of drug-likeness (QED) is 0.736. The van der Waals surface area contributed by atoms with Gasteiger partial charge in [-0.15, -0.1) is 11.8 Å². The topological polar surface area (TPSA) is 29.1 Å². The summed E-state index contributed by atoms with van der Waals surface area (Å²) in [4.78, 5) is 12.8. The number of rotatable bonds is 0. The van der Waals surface area contributed by atoms with Gasteiger partial charge in [0.2, 0.25) is 5.91 Å². The third kappa shape index (κ3) is 1.16. The maximum Gasteiger partial charge on any atom is 0.241 e. The van der Waals surface area contributed by atoms with E-state index in [1.165, 1.54) is 0 Å². The molecule has 1 N–H and O–H groups in total. The van der Waals surface area contributed by atoms with E-state index in [0.29, 0.717) is 5.02 Å². The molecular formula is C10H8ClNOS. The largest absolute Gasteiger partial charge is 0.324 e. The van der Waals surface area contributed by atoms with Crippen molar-refractivity contribution >= 4 is 35.0 Å². The van der Waals surface area contributed by atoms with Crippen LogP contribution in [0, 0.1) is 0 Å². The fourth-order valence-electron chi connectivity index (χ4n) is 1.62. The number of fused-ring (bicyclic) bond motifs is 1. The summed E-state index contributed by atoms with van der Waals surface area (Å²) in [5.41, 5.74) is 0.852. The maximum absolute atomic E-state index is 11.7. The van der Waals surface area contributed by atoms with Crippen molar-refractivity contribution in [2.75, 3.05) is 5.32 Å². The molecule has 2 nitrogen and oxygen atoms in total. The van der Waals surface area contributed by atoms with E-state index in [9.17, 15) is 4.79 Å². The highest BCUT2D eigenvalue weighted by Crippen LogP contribution is 2.56. The van der Waals surface area contributed by atoms with Gasteiger partial charge in [-0.2, -0.15) is 0 Å². The third-order valence-electron chi connectivity index (χ3n) is 2.61. The van der Waals surface area contributed by atoms with Crippen molar-refractivity contribution in [3.8, 4) is 0 Å². The number of carbonyl (C=O) groups is 1. The summed E-state index contributed by atoms with van der Waals surface area (Å²) in [5, 5.41) is 3.57. The van der Waals surface area contributed by atoms with Crippen LogP contribution in [0.15, 0.2) is 23.1 Å². The van der Waals surface area contributed by atoms with E-state index in [2.05, 4.69) is 5.32 Å². The molecule has 4 heteroatoms. The molecule has 3 rings (SSSR count). The first-order valence-corrected chi connectivity index (χ1v) is 5.69. The van der Waals surface area contributed by atoms with Crippen molar-refractivity contribution in [3.63, 3.8) is 0 Å². The van der Waals surface area contributed by atoms with E-state index in [1.54, 1.807) is 17.8 Å². The zero-order valence-electron chi connectivity index (χ0n) is 7.34. The average molecular weight is 226 g/mol. The van der Waals surface area contributed by atoms with Crippen molar-refractivity contribution in [2.24, 2.45) is 0 Å². The molecule has 0 aromatic heterocycles. The number of carbonyl (C=O) groups excluding carboxylic acids is 1. The molecule has 1 spiro atoms. The zero-order valence-corrected chi connectivity index (χ0v) is 8.91. The van der Waals surface area contributed by atoms with Gasteiger partial charge in [-0.25, -0.2) is 0 Å². The monoisotopic (exact) mass is 225 g/mol. The first-order chi connectivity index (χ1) is 6.70. The van der Waals surface area contributed by atoms with E-state index < -0.39 is 0 Å². The molecule has 1 heterocycles. The van der Waals surface area contributed by atoms with Crippen molar-refractivity contribution in [3.05, 3.63) is 23.2 Å². The summed E-state index contributed by atoms with van der Waals surface area (Å²) < 4.78 is -0.152. The predicted molar refractivity (Wildman–Crippen MR) is 57.9 cm³/mol. The fourth-order valence-corrected chi connectivity index (χ4v) is 3.02. The molecule has 0 unspecified atom stereocenters. The van der Waals surface area contributed by atoms with Gasteiger partial charge in [-0.3, -0.25) is 4.79 Å². The van der Waals surface area contributed by atoms with E-state index in [1.807, 2.05) is 12.1 Å². The molecule has 1 aliphatic heterocycles. The van der Waals surface area contributed by atoms with Crippen LogP contribution in [0.1, 0.15) is 12.8 Å². The molecule has 14 heavy (non-hydrogen) atoms. The second-order valence-corrected chi connectivity index (χ2v) is 5.55. The van der Waals surface area contributed by atoms with Gasteiger partial charge in [0, 0.05) is 9.92 Å². The normalized spacial score (nSPS) is 21.6. The number of hydrogen-bond donors (Lipinski definition) is 1. The molecule has 0 atom stereocenters. The average Bonchev–Trinajstić information content (AvgIpc) is 2.89. The van der Waals surface area contributed by atoms with Crippen LogP contribution in [-0.2, 0) is 4.79 Å². The van der Waals surface area contributed by atoms with Gasteiger partial charge in [0.25, 0.3) is 0 Å². The second kappa shape index (κ2) is 2.67. The summed E-state index contributed by atoms with van der Waals surface area (Å²) in [6, 6.07) is 5.64. The van der Waals surface area contributed by atoms with E-state index in [-0.39, 0.29) is 10.7 Å². The van der Waals surface area contributed by atoms with Crippen LogP contribution < -0.4 is 5.32 Å². The number of thioether (sulfide) groups is 1. The Labute approximate surface area is 91.0 Å². The van der Waals surface area contributed by atoms with E-state index in [4.69, 9.17) is 11.6 Å². The molecule has 1 aromatic carbocycles. The number of nitrogens with one attached hydrogen (secondary N) is 1. The van der Waals surface area contributed by atoms with Crippen LogP contribution >= 0.6 is 23.4 Å². The molecule has 2 aliphatic rings. The Morgan fingerprint density at radius 2 is 2.21 bits per heavy atom. The smallest absolute Gasteiger partial charge is 0.241 e. The Kier molecular flexibility index (Phi) is 1.65. The van der Waals surface area contributed by atoms with Crippen molar-refractivity contribution < 1.29 is 4.79 Å². The van der Waals surface area contributed by atoms with E-state index >= 15 is 0 Å². The van der Waals surface area contributed by atoms with Gasteiger partial charge in [-0.1, -0.05) is 11.6 Å². The van der Waals surface area contributed by atoms with Crippen molar-refractivity contribution in [1.82, 2.24) is 0 Å². The Bertz CT molecular complexity index is 428. The lowest BCUT2D eigenvalue weighted by Crippen LogP contribution is -2.30. The summed E-state index contributed by atoms with van der Waals surface area (Å²) >= 11 is 7.52. The predicted octanol–water partition coefficient (Wildman–Crippen LogP) is 2.92. The summed E-state index contributed by atoms with van der Waals surface area (Å²) in [7, 11) is 0. The van der Waals surface area contributed by atoms with Crippen LogP contribution in [0.25, 0.3) is 0 Å². The molecule has 1 amide bonds. The third-order valence-corrected chi connectivity index (χ3v) is 4.41. The zero-order chi connectivity index (χ0) is 9.76. The minimum Gasteiger partial charge on any atom is -0.324 e. The summed E-state index contributed by atoms with van der Waals surface area (Å²) in [6.07, 6.45) is 1.98. The standard InChI is InChI=1S/C10H8ClNOS/c11-6-1-2-8-7(5-6)12-9(13)10(14-8)3-4-10/h1-2,5H,3-4H2,(H,12,13). The van der Waals surface area contributed by atoms with Gasteiger partial charge in [-0.05, 0) is 31.0 Å². The van der Waals surface area contributed by atoms with Gasteiger partial charge in [0.15, 0.2) is 0 Å². The molecule has 1 saturated carbocycles. The van der Waals surface area contributed by atoms with Gasteiger partial charge in [0.05, 0.1) is 10.4 Å². The molecule has 1 fully saturated rings. The summed E-state index contributed by atoms with van der Waals surface area (Å²) in [6.45, 7) is 0. The minimum absolute atomic E-state index is 0.136. The van der Waals surface area contributed by atoms with Gasteiger partial charge in [0.1, 0.15) is 0 Å². The lowest BCUT2D eigenvalue weighted by Gasteiger charge is -2.23. The maximum atomic E-state index is 11.7. The Morgan fingerprint density at radius 3 is 2.93 bits per heavy atom. The lowest BCUT2D eigenvalue weighted by molar-refractivity contribution is -0.116. The molecule has 0 radical (unpaired) electrons. The first-order valence-electron chi connectivity index (χ1n) is 4.50. The van der Waals surface area contributed by atoms with Crippen LogP contribution in [-0.4, -0.2) is 10.7 Å². The molecule has 1 aliphatic carbocycles. The van der Waals surface area contributed by atoms with Crippen LogP contribution in [0.4, 0.5) is 5.69 Å².